The van der Waals surface area contributed by atoms with E-state index in [1.54, 1.807) is 7.11 Å². The van der Waals surface area contributed by atoms with Gasteiger partial charge >= 0.3 is 0 Å². The molecule has 156 valence electrons. The Bertz CT molecular complexity index is 1030. The fourth-order valence-corrected chi connectivity index (χ4v) is 3.93. The van der Waals surface area contributed by atoms with Crippen LogP contribution in [0.3, 0.4) is 0 Å². The monoisotopic (exact) mass is 406 g/mol. The van der Waals surface area contributed by atoms with Crippen LogP contribution in [-0.2, 0) is 9.59 Å². The summed E-state index contributed by atoms with van der Waals surface area (Å²) in [6.45, 7) is 2.21. The van der Waals surface area contributed by atoms with Crippen LogP contribution in [0.2, 0.25) is 0 Å². The Morgan fingerprint density at radius 1 is 1.20 bits per heavy atom. The third-order valence-electron chi connectivity index (χ3n) is 5.50. The van der Waals surface area contributed by atoms with E-state index in [9.17, 15) is 9.59 Å². The van der Waals surface area contributed by atoms with Gasteiger partial charge in [0.05, 0.1) is 20.2 Å². The van der Waals surface area contributed by atoms with Gasteiger partial charge in [0.15, 0.2) is 0 Å². The predicted molar refractivity (Wildman–Crippen MR) is 116 cm³/mol. The number of amides is 2. The minimum atomic E-state index is -0.0805. The van der Waals surface area contributed by atoms with Crippen LogP contribution in [0, 0.1) is 0 Å². The van der Waals surface area contributed by atoms with E-state index in [0.717, 1.165) is 27.8 Å². The first-order chi connectivity index (χ1) is 14.6. The molecule has 0 spiro atoms. The van der Waals surface area contributed by atoms with Crippen molar-refractivity contribution in [2.24, 2.45) is 0 Å². The van der Waals surface area contributed by atoms with E-state index in [4.69, 9.17) is 4.74 Å². The number of nitrogens with zero attached hydrogens (tertiary/aromatic N) is 1. The molecule has 1 fully saturated rings. The number of H-pyrrole nitrogens is 1. The molecule has 0 radical (unpaired) electrons. The molecule has 2 aromatic carbocycles. The molecule has 30 heavy (non-hydrogen) atoms. The van der Waals surface area contributed by atoms with Crippen molar-refractivity contribution in [3.63, 3.8) is 0 Å². The van der Waals surface area contributed by atoms with E-state index >= 15 is 0 Å². The molecule has 0 aliphatic carbocycles. The highest BCUT2D eigenvalue weighted by atomic mass is 16.5. The number of carbonyl (C=O) groups excluding carboxylic acids is 2. The van der Waals surface area contributed by atoms with Crippen molar-refractivity contribution in [3.05, 3.63) is 65.9 Å². The van der Waals surface area contributed by atoms with E-state index in [0.29, 0.717) is 19.6 Å². The summed E-state index contributed by atoms with van der Waals surface area (Å²) in [5.74, 6) is 0.663. The number of rotatable bonds is 7. The van der Waals surface area contributed by atoms with E-state index in [1.165, 1.54) is 0 Å². The van der Waals surface area contributed by atoms with Gasteiger partial charge in [0.1, 0.15) is 5.75 Å². The highest BCUT2D eigenvalue weighted by Crippen LogP contribution is 2.31. The van der Waals surface area contributed by atoms with Crippen LogP contribution in [0.1, 0.15) is 17.0 Å². The quantitative estimate of drug-likeness (QED) is 0.559. The second-order valence-corrected chi connectivity index (χ2v) is 7.48. The summed E-state index contributed by atoms with van der Waals surface area (Å²) in [6.07, 6.45) is 2.01. The van der Waals surface area contributed by atoms with Crippen LogP contribution in [0.25, 0.3) is 10.9 Å². The zero-order chi connectivity index (χ0) is 20.9. The van der Waals surface area contributed by atoms with Gasteiger partial charge in [-0.3, -0.25) is 14.5 Å². The summed E-state index contributed by atoms with van der Waals surface area (Å²) in [7, 11) is 1.65. The molecule has 1 atom stereocenters. The van der Waals surface area contributed by atoms with Gasteiger partial charge < -0.3 is 20.4 Å². The Hall–Kier alpha value is -3.32. The summed E-state index contributed by atoms with van der Waals surface area (Å²) >= 11 is 0. The lowest BCUT2D eigenvalue weighted by Crippen LogP contribution is -2.50. The number of hydrogen-bond donors (Lipinski definition) is 3. The number of nitrogens with one attached hydrogen (secondary N) is 3. The Morgan fingerprint density at radius 3 is 2.77 bits per heavy atom. The van der Waals surface area contributed by atoms with E-state index in [1.807, 2.05) is 53.6 Å². The first-order valence-corrected chi connectivity index (χ1v) is 10.1. The Kier molecular flexibility index (Phi) is 5.99. The average molecular weight is 406 g/mol. The molecule has 3 N–H and O–H groups in total. The van der Waals surface area contributed by atoms with Gasteiger partial charge in [-0.15, -0.1) is 0 Å². The molecule has 0 bridgehead atoms. The summed E-state index contributed by atoms with van der Waals surface area (Å²) in [6, 6.07) is 16.1. The fourth-order valence-electron chi connectivity index (χ4n) is 3.93. The number of hydrogen-bond acceptors (Lipinski definition) is 4. The van der Waals surface area contributed by atoms with Gasteiger partial charge in [-0.2, -0.15) is 0 Å². The van der Waals surface area contributed by atoms with Crippen molar-refractivity contribution < 1.29 is 14.3 Å². The van der Waals surface area contributed by atoms with Crippen molar-refractivity contribution in [1.82, 2.24) is 20.5 Å². The largest absolute Gasteiger partial charge is 0.497 e. The average Bonchev–Trinajstić information content (AvgIpc) is 3.18. The lowest BCUT2D eigenvalue weighted by Gasteiger charge is -2.26. The third kappa shape index (κ3) is 4.46. The minimum Gasteiger partial charge on any atom is -0.497 e. The summed E-state index contributed by atoms with van der Waals surface area (Å²) in [4.78, 5) is 29.3. The maximum Gasteiger partial charge on any atom is 0.234 e. The number of aromatic nitrogens is 1. The molecule has 3 aromatic rings. The number of ether oxygens (including phenoxy) is 1. The van der Waals surface area contributed by atoms with Crippen LogP contribution in [-0.4, -0.2) is 61.5 Å². The van der Waals surface area contributed by atoms with E-state index in [2.05, 4.69) is 21.7 Å². The third-order valence-corrected chi connectivity index (χ3v) is 5.50. The number of piperazine rings is 1. The van der Waals surface area contributed by atoms with Gasteiger partial charge in [0, 0.05) is 42.7 Å². The van der Waals surface area contributed by atoms with Crippen molar-refractivity contribution >= 4 is 22.7 Å². The second kappa shape index (κ2) is 9.00. The van der Waals surface area contributed by atoms with E-state index < -0.39 is 0 Å². The number of aromatic amines is 1. The number of carbonyl (C=O) groups is 2. The van der Waals surface area contributed by atoms with Gasteiger partial charge in [-0.1, -0.05) is 30.3 Å². The van der Waals surface area contributed by atoms with Crippen molar-refractivity contribution in [3.8, 4) is 5.75 Å². The summed E-state index contributed by atoms with van der Waals surface area (Å²) in [5, 5.41) is 6.98. The van der Waals surface area contributed by atoms with E-state index in [-0.39, 0.29) is 30.8 Å². The first kappa shape index (κ1) is 20.0. The molecule has 7 nitrogen and oxygen atoms in total. The van der Waals surface area contributed by atoms with Gasteiger partial charge in [0.25, 0.3) is 0 Å². The van der Waals surface area contributed by atoms with Gasteiger partial charge in [-0.05, 0) is 29.3 Å². The minimum absolute atomic E-state index is 0.0133. The van der Waals surface area contributed by atoms with Gasteiger partial charge in [0.2, 0.25) is 11.8 Å². The normalized spacial score (nSPS) is 15.6. The fraction of sp³-hybridized carbons (Fsp3) is 0.304. The molecule has 1 saturated heterocycles. The van der Waals surface area contributed by atoms with Gasteiger partial charge in [-0.25, -0.2) is 0 Å². The maximum atomic E-state index is 12.6. The number of para-hydroxylation sites is 1. The molecule has 2 heterocycles. The van der Waals surface area contributed by atoms with Crippen molar-refractivity contribution in [2.45, 2.75) is 5.92 Å². The molecule has 0 unspecified atom stereocenters. The molecule has 1 aromatic heterocycles. The van der Waals surface area contributed by atoms with Crippen LogP contribution in [0.5, 0.6) is 5.75 Å². The van der Waals surface area contributed by atoms with Crippen LogP contribution in [0.4, 0.5) is 0 Å². The number of methoxy groups -OCH3 is 1. The molecule has 1 aliphatic rings. The number of fused-ring (bicyclic) bond motifs is 1. The Labute approximate surface area is 175 Å². The topological polar surface area (TPSA) is 86.5 Å². The Balaban J connectivity index is 1.53. The molecule has 4 rings (SSSR count). The molecule has 7 heteroatoms. The van der Waals surface area contributed by atoms with Crippen molar-refractivity contribution in [2.75, 3.05) is 39.8 Å². The number of benzene rings is 2. The maximum absolute atomic E-state index is 12.6. The van der Waals surface area contributed by atoms with Crippen LogP contribution >= 0.6 is 0 Å². The predicted octanol–water partition coefficient (Wildman–Crippen LogP) is 1.86. The molecule has 2 amide bonds. The Morgan fingerprint density at radius 2 is 2.00 bits per heavy atom. The lowest BCUT2D eigenvalue weighted by molar-refractivity contribution is -0.126. The molecular weight excluding hydrogens is 380 g/mol. The second-order valence-electron chi connectivity index (χ2n) is 7.48. The highest BCUT2D eigenvalue weighted by Gasteiger charge is 2.22. The first-order valence-electron chi connectivity index (χ1n) is 10.1. The smallest absolute Gasteiger partial charge is 0.234 e. The molecule has 0 saturated carbocycles. The van der Waals surface area contributed by atoms with Crippen LogP contribution in [0.15, 0.2) is 54.7 Å². The molecular formula is C23H26N4O3. The zero-order valence-electron chi connectivity index (χ0n) is 17.0. The molecule has 1 aliphatic heterocycles. The zero-order valence-corrected chi connectivity index (χ0v) is 17.0. The highest BCUT2D eigenvalue weighted by molar-refractivity contribution is 5.85. The summed E-state index contributed by atoms with van der Waals surface area (Å²) in [5.41, 5.74) is 3.29. The van der Waals surface area contributed by atoms with Crippen LogP contribution < -0.4 is 15.4 Å². The summed E-state index contributed by atoms with van der Waals surface area (Å²) < 4.78 is 5.29. The van der Waals surface area contributed by atoms with Crippen molar-refractivity contribution in [1.29, 1.82) is 0 Å². The lowest BCUT2D eigenvalue weighted by atomic mass is 9.90. The SMILES string of the molecule is COc1ccc([C@@H](CNC(=O)CN2CCNC(=O)C2)c2c[nH]c3ccccc23)cc1. The standard InChI is InChI=1S/C23H26N4O3/c1-30-17-8-6-16(7-9-17)19(20-13-25-21-5-3-2-4-18(20)21)12-26-23(29)15-27-11-10-24-22(28)14-27/h2-9,13,19,25H,10-12,14-15H2,1H3,(H,24,28)(H,26,29)/t19-/m1/s1.